The van der Waals surface area contributed by atoms with Crippen molar-refractivity contribution in [3.63, 3.8) is 0 Å². The van der Waals surface area contributed by atoms with Gasteiger partial charge < -0.3 is 10.2 Å². The lowest BCUT2D eigenvalue weighted by Crippen LogP contribution is -2.40. The molecule has 100 valence electrons. The Hall–Kier alpha value is -1.09. The Labute approximate surface area is 109 Å². The minimum absolute atomic E-state index is 0.159. The third kappa shape index (κ3) is 3.02. The van der Waals surface area contributed by atoms with E-state index in [4.69, 9.17) is 0 Å². The van der Waals surface area contributed by atoms with Crippen LogP contribution in [0.3, 0.4) is 0 Å². The van der Waals surface area contributed by atoms with Gasteiger partial charge in [0.25, 0.3) is 0 Å². The van der Waals surface area contributed by atoms with Crippen LogP contribution in [0, 0.1) is 11.2 Å². The zero-order valence-electron chi connectivity index (χ0n) is 11.4. The fraction of sp³-hybridized carbons (Fsp3) is 0.600. The molecule has 1 aliphatic rings. The summed E-state index contributed by atoms with van der Waals surface area (Å²) in [4.78, 5) is 2.19. The smallest absolute Gasteiger partial charge is 0.125 e. The number of rotatable bonds is 5. The molecule has 0 heterocycles. The Morgan fingerprint density at radius 3 is 2.67 bits per heavy atom. The van der Waals surface area contributed by atoms with Crippen LogP contribution in [-0.4, -0.2) is 27.2 Å². The van der Waals surface area contributed by atoms with Gasteiger partial charge >= 0.3 is 0 Å². The van der Waals surface area contributed by atoms with Gasteiger partial charge in [-0.05, 0) is 38.1 Å². The molecule has 1 aromatic carbocycles. The highest BCUT2D eigenvalue weighted by molar-refractivity contribution is 5.45. The summed E-state index contributed by atoms with van der Waals surface area (Å²) >= 11 is 0. The van der Waals surface area contributed by atoms with Gasteiger partial charge in [-0.1, -0.05) is 18.9 Å². The number of hydrogen-bond acceptors (Lipinski definition) is 2. The lowest BCUT2D eigenvalue weighted by atomic mass is 9.85. The first-order valence-electron chi connectivity index (χ1n) is 6.77. The quantitative estimate of drug-likeness (QED) is 0.864. The molecule has 18 heavy (non-hydrogen) atoms. The van der Waals surface area contributed by atoms with Crippen molar-refractivity contribution in [1.29, 1.82) is 0 Å². The highest BCUT2D eigenvalue weighted by Crippen LogP contribution is 2.38. The third-order valence-electron chi connectivity index (χ3n) is 4.04. The Kier molecular flexibility index (Phi) is 4.23. The first kappa shape index (κ1) is 13.3. The van der Waals surface area contributed by atoms with E-state index < -0.39 is 0 Å². The topological polar surface area (TPSA) is 15.3 Å². The molecule has 1 N–H and O–H groups in total. The minimum Gasteiger partial charge on any atom is -0.374 e. The summed E-state index contributed by atoms with van der Waals surface area (Å²) in [5, 5.41) is 3.32. The molecule has 0 aromatic heterocycles. The monoisotopic (exact) mass is 250 g/mol. The van der Waals surface area contributed by atoms with E-state index in [9.17, 15) is 4.39 Å². The second-order valence-corrected chi connectivity index (χ2v) is 5.57. The number of halogens is 1. The van der Waals surface area contributed by atoms with Crippen LogP contribution in [0.1, 0.15) is 25.7 Å². The fourth-order valence-corrected chi connectivity index (χ4v) is 3.20. The van der Waals surface area contributed by atoms with Crippen molar-refractivity contribution in [2.45, 2.75) is 25.7 Å². The van der Waals surface area contributed by atoms with Crippen LogP contribution < -0.4 is 10.2 Å². The highest BCUT2D eigenvalue weighted by atomic mass is 19.1. The summed E-state index contributed by atoms with van der Waals surface area (Å²) in [6, 6.07) is 6.87. The van der Waals surface area contributed by atoms with Crippen molar-refractivity contribution < 1.29 is 4.39 Å². The van der Waals surface area contributed by atoms with Gasteiger partial charge in [-0.3, -0.25) is 0 Å². The van der Waals surface area contributed by atoms with Crippen molar-refractivity contribution in [3.05, 3.63) is 30.1 Å². The SMILES string of the molecule is CNCC1(CN(C)c2cccc(F)c2)CCCC1. The van der Waals surface area contributed by atoms with Crippen molar-refractivity contribution in [1.82, 2.24) is 5.32 Å². The van der Waals surface area contributed by atoms with E-state index in [1.807, 2.05) is 13.1 Å². The first-order valence-corrected chi connectivity index (χ1v) is 6.77. The highest BCUT2D eigenvalue weighted by Gasteiger charge is 2.34. The molecule has 0 bridgehead atoms. The molecule has 3 heteroatoms. The molecule has 1 aliphatic carbocycles. The molecule has 0 amide bonds. The fourth-order valence-electron chi connectivity index (χ4n) is 3.20. The summed E-state index contributed by atoms with van der Waals surface area (Å²) in [6.45, 7) is 2.05. The maximum absolute atomic E-state index is 13.2. The van der Waals surface area contributed by atoms with Crippen LogP contribution in [0.2, 0.25) is 0 Å². The van der Waals surface area contributed by atoms with Crippen molar-refractivity contribution >= 4 is 5.69 Å². The summed E-state index contributed by atoms with van der Waals surface area (Å²) in [6.07, 6.45) is 5.18. The van der Waals surface area contributed by atoms with E-state index in [1.54, 1.807) is 12.1 Å². The number of benzene rings is 1. The molecular weight excluding hydrogens is 227 g/mol. The first-order chi connectivity index (χ1) is 8.65. The van der Waals surface area contributed by atoms with E-state index in [-0.39, 0.29) is 5.82 Å². The predicted molar refractivity (Wildman–Crippen MR) is 74.5 cm³/mol. The number of hydrogen-bond donors (Lipinski definition) is 1. The molecular formula is C15H23FN2. The standard InChI is InChI=1S/C15H23FN2/c1-17-11-15(8-3-4-9-15)12-18(2)14-7-5-6-13(16)10-14/h5-7,10,17H,3-4,8-9,11-12H2,1-2H3. The summed E-state index contributed by atoms with van der Waals surface area (Å²) in [7, 11) is 4.08. The summed E-state index contributed by atoms with van der Waals surface area (Å²) in [5.74, 6) is -0.159. The molecule has 0 radical (unpaired) electrons. The third-order valence-corrected chi connectivity index (χ3v) is 4.04. The zero-order valence-corrected chi connectivity index (χ0v) is 11.4. The number of anilines is 1. The molecule has 0 atom stereocenters. The normalized spacial score (nSPS) is 17.9. The van der Waals surface area contributed by atoms with Gasteiger partial charge in [-0.2, -0.15) is 0 Å². The molecule has 1 saturated carbocycles. The summed E-state index contributed by atoms with van der Waals surface area (Å²) in [5.41, 5.74) is 1.33. The van der Waals surface area contributed by atoms with Crippen molar-refractivity contribution in [2.24, 2.45) is 5.41 Å². The van der Waals surface area contributed by atoms with Crippen LogP contribution in [-0.2, 0) is 0 Å². The maximum atomic E-state index is 13.2. The molecule has 2 rings (SSSR count). The van der Waals surface area contributed by atoms with Gasteiger partial charge in [0, 0.05) is 31.2 Å². The molecule has 1 aromatic rings. The van der Waals surface area contributed by atoms with Crippen LogP contribution in [0.15, 0.2) is 24.3 Å². The van der Waals surface area contributed by atoms with Gasteiger partial charge in [-0.15, -0.1) is 0 Å². The zero-order chi connectivity index (χ0) is 13.0. The van der Waals surface area contributed by atoms with E-state index in [1.165, 1.54) is 31.7 Å². The minimum atomic E-state index is -0.159. The Bertz CT molecular complexity index is 386. The van der Waals surface area contributed by atoms with E-state index in [0.717, 1.165) is 18.8 Å². The van der Waals surface area contributed by atoms with Crippen molar-refractivity contribution in [3.8, 4) is 0 Å². The Morgan fingerprint density at radius 2 is 2.06 bits per heavy atom. The largest absolute Gasteiger partial charge is 0.374 e. The van der Waals surface area contributed by atoms with E-state index >= 15 is 0 Å². The number of nitrogens with one attached hydrogen (secondary N) is 1. The van der Waals surface area contributed by atoms with Gasteiger partial charge in [0.15, 0.2) is 0 Å². The second-order valence-electron chi connectivity index (χ2n) is 5.57. The van der Waals surface area contributed by atoms with Gasteiger partial charge in [0.05, 0.1) is 0 Å². The molecule has 2 nitrogen and oxygen atoms in total. The van der Waals surface area contributed by atoms with Gasteiger partial charge in [0.1, 0.15) is 5.82 Å². The second kappa shape index (κ2) is 5.70. The lowest BCUT2D eigenvalue weighted by Gasteiger charge is -2.34. The molecule has 0 unspecified atom stereocenters. The van der Waals surface area contributed by atoms with E-state index in [0.29, 0.717) is 5.41 Å². The molecule has 1 fully saturated rings. The van der Waals surface area contributed by atoms with Gasteiger partial charge in [0.2, 0.25) is 0 Å². The van der Waals surface area contributed by atoms with Crippen LogP contribution in [0.4, 0.5) is 10.1 Å². The van der Waals surface area contributed by atoms with Crippen LogP contribution in [0.5, 0.6) is 0 Å². The lowest BCUT2D eigenvalue weighted by molar-refractivity contribution is 0.295. The number of nitrogens with zero attached hydrogens (tertiary/aromatic N) is 1. The van der Waals surface area contributed by atoms with E-state index in [2.05, 4.69) is 17.3 Å². The molecule has 0 aliphatic heterocycles. The Balaban J connectivity index is 2.07. The predicted octanol–water partition coefficient (Wildman–Crippen LogP) is 3.04. The van der Waals surface area contributed by atoms with Crippen molar-refractivity contribution in [2.75, 3.05) is 32.1 Å². The van der Waals surface area contributed by atoms with Gasteiger partial charge in [-0.25, -0.2) is 4.39 Å². The molecule has 0 spiro atoms. The summed E-state index contributed by atoms with van der Waals surface area (Å²) < 4.78 is 13.2. The van der Waals surface area contributed by atoms with Crippen LogP contribution >= 0.6 is 0 Å². The maximum Gasteiger partial charge on any atom is 0.125 e. The molecule has 0 saturated heterocycles. The average Bonchev–Trinajstić information content (AvgIpc) is 2.78. The van der Waals surface area contributed by atoms with Crippen LogP contribution in [0.25, 0.3) is 0 Å². The average molecular weight is 250 g/mol. The Morgan fingerprint density at radius 1 is 1.33 bits per heavy atom.